The molecule has 6 heteroatoms. The zero-order chi connectivity index (χ0) is 11.4. The molecular formula is C11H10ClN5. The van der Waals surface area contributed by atoms with Gasteiger partial charge in [-0.1, -0.05) is 11.6 Å². The molecule has 17 heavy (non-hydrogen) atoms. The lowest BCUT2D eigenvalue weighted by molar-refractivity contribution is 0.986. The Morgan fingerprint density at radius 2 is 2.24 bits per heavy atom. The molecule has 0 unspecified atom stereocenters. The van der Waals surface area contributed by atoms with Crippen molar-refractivity contribution in [3.63, 3.8) is 0 Å². The Bertz CT molecular complexity index is 709. The minimum absolute atomic E-state index is 0.576. The van der Waals surface area contributed by atoms with Crippen molar-refractivity contribution in [2.45, 2.75) is 18.9 Å². The number of benzene rings is 1. The largest absolute Gasteiger partial charge is 0.352 e. The van der Waals surface area contributed by atoms with Gasteiger partial charge < -0.3 is 5.32 Å². The fourth-order valence-electron chi connectivity index (χ4n) is 1.94. The van der Waals surface area contributed by atoms with Gasteiger partial charge in [0, 0.05) is 11.1 Å². The molecule has 86 valence electrons. The molecule has 5 nitrogen and oxygen atoms in total. The number of aromatic nitrogens is 4. The van der Waals surface area contributed by atoms with Gasteiger partial charge in [-0.2, -0.15) is 4.98 Å². The quantitative estimate of drug-likeness (QED) is 0.731. The number of aromatic amines is 1. The normalized spacial score (nSPS) is 15.8. The molecule has 1 aromatic carbocycles. The number of rotatable bonds is 2. The second kappa shape index (κ2) is 3.13. The first-order valence-corrected chi connectivity index (χ1v) is 5.98. The van der Waals surface area contributed by atoms with Crippen molar-refractivity contribution >= 4 is 34.4 Å². The molecule has 0 saturated heterocycles. The Labute approximate surface area is 102 Å². The highest BCUT2D eigenvalue weighted by molar-refractivity contribution is 6.31. The molecule has 1 aliphatic rings. The molecule has 2 aromatic heterocycles. The van der Waals surface area contributed by atoms with E-state index < -0.39 is 0 Å². The Hall–Kier alpha value is -1.75. The van der Waals surface area contributed by atoms with Crippen molar-refractivity contribution in [2.24, 2.45) is 0 Å². The van der Waals surface area contributed by atoms with Crippen LogP contribution in [0.2, 0.25) is 5.02 Å². The van der Waals surface area contributed by atoms with Crippen molar-refractivity contribution < 1.29 is 0 Å². The van der Waals surface area contributed by atoms with Crippen LogP contribution in [0.15, 0.2) is 18.2 Å². The summed E-state index contributed by atoms with van der Waals surface area (Å²) in [5.74, 6) is 1.46. The standard InChI is InChI=1S/C11H10ClN5/c12-6-1-4-9-8(5-6)14-11-15-10(16-17(9)11)13-7-2-3-7/h1,4-5,7H,2-3H2,(H2,13,14,15,16). The molecule has 0 radical (unpaired) electrons. The average Bonchev–Trinajstić information content (AvgIpc) is 2.91. The van der Waals surface area contributed by atoms with Gasteiger partial charge in [0.25, 0.3) is 5.78 Å². The molecule has 3 aromatic rings. The van der Waals surface area contributed by atoms with Crippen LogP contribution in [0.1, 0.15) is 12.8 Å². The molecule has 4 rings (SSSR count). The Balaban J connectivity index is 1.89. The first-order valence-electron chi connectivity index (χ1n) is 5.60. The minimum Gasteiger partial charge on any atom is -0.352 e. The van der Waals surface area contributed by atoms with E-state index in [1.54, 1.807) is 0 Å². The van der Waals surface area contributed by atoms with E-state index >= 15 is 0 Å². The summed E-state index contributed by atoms with van der Waals surface area (Å²) in [6, 6.07) is 6.21. The van der Waals surface area contributed by atoms with Crippen molar-refractivity contribution in [3.05, 3.63) is 23.2 Å². The predicted molar refractivity (Wildman–Crippen MR) is 66.5 cm³/mol. The van der Waals surface area contributed by atoms with Gasteiger partial charge >= 0.3 is 0 Å². The highest BCUT2D eigenvalue weighted by Gasteiger charge is 2.22. The smallest absolute Gasteiger partial charge is 0.253 e. The molecule has 2 heterocycles. The van der Waals surface area contributed by atoms with Gasteiger partial charge in [-0.25, -0.2) is 9.50 Å². The molecular weight excluding hydrogens is 238 g/mol. The third-order valence-corrected chi connectivity index (χ3v) is 3.18. The van der Waals surface area contributed by atoms with Crippen LogP contribution in [0.25, 0.3) is 16.8 Å². The Kier molecular flexibility index (Phi) is 1.71. The number of halogens is 1. The summed E-state index contributed by atoms with van der Waals surface area (Å²) in [6.45, 7) is 0. The zero-order valence-corrected chi connectivity index (χ0v) is 9.70. The second-order valence-electron chi connectivity index (χ2n) is 4.37. The van der Waals surface area contributed by atoms with Gasteiger partial charge in [-0.15, -0.1) is 0 Å². The number of H-pyrrole nitrogens is 1. The molecule has 0 spiro atoms. The van der Waals surface area contributed by atoms with Crippen molar-refractivity contribution in [1.29, 1.82) is 0 Å². The van der Waals surface area contributed by atoms with Crippen molar-refractivity contribution in [3.8, 4) is 0 Å². The summed E-state index contributed by atoms with van der Waals surface area (Å²) in [5.41, 5.74) is 1.84. The average molecular weight is 248 g/mol. The van der Waals surface area contributed by atoms with Crippen LogP contribution in [0, 0.1) is 0 Å². The number of hydrogen-bond donors (Lipinski definition) is 2. The van der Waals surface area contributed by atoms with Crippen LogP contribution in [0.4, 0.5) is 5.95 Å². The number of nitrogens with zero attached hydrogens (tertiary/aromatic N) is 3. The van der Waals surface area contributed by atoms with E-state index in [0.717, 1.165) is 17.0 Å². The van der Waals surface area contributed by atoms with E-state index in [2.05, 4.69) is 20.4 Å². The molecule has 0 amide bonds. The summed E-state index contributed by atoms with van der Waals surface area (Å²) >= 11 is 5.93. The Morgan fingerprint density at radius 1 is 1.35 bits per heavy atom. The lowest BCUT2D eigenvalue weighted by atomic mass is 10.3. The third-order valence-electron chi connectivity index (χ3n) is 2.95. The van der Waals surface area contributed by atoms with Crippen LogP contribution in [0.5, 0.6) is 0 Å². The van der Waals surface area contributed by atoms with E-state index in [1.165, 1.54) is 12.8 Å². The molecule has 0 bridgehead atoms. The van der Waals surface area contributed by atoms with Crippen molar-refractivity contribution in [1.82, 2.24) is 19.6 Å². The summed E-state index contributed by atoms with van der Waals surface area (Å²) < 4.78 is 1.87. The predicted octanol–water partition coefficient (Wildman–Crippen LogP) is 2.44. The maximum Gasteiger partial charge on any atom is 0.253 e. The van der Waals surface area contributed by atoms with Gasteiger partial charge in [0.2, 0.25) is 5.95 Å². The summed E-state index contributed by atoms with van der Waals surface area (Å²) in [7, 11) is 0. The topological polar surface area (TPSA) is 58.0 Å². The van der Waals surface area contributed by atoms with Gasteiger partial charge in [-0.05, 0) is 31.0 Å². The van der Waals surface area contributed by atoms with Gasteiger partial charge in [0.1, 0.15) is 0 Å². The lowest BCUT2D eigenvalue weighted by Crippen LogP contribution is -2.02. The van der Waals surface area contributed by atoms with E-state index in [-0.39, 0.29) is 0 Å². The number of fused-ring (bicyclic) bond motifs is 3. The number of anilines is 1. The van der Waals surface area contributed by atoms with E-state index in [0.29, 0.717) is 16.8 Å². The minimum atomic E-state index is 0.576. The molecule has 0 aliphatic heterocycles. The highest BCUT2D eigenvalue weighted by atomic mass is 35.5. The number of nitrogens with one attached hydrogen (secondary N) is 2. The Morgan fingerprint density at radius 3 is 3.06 bits per heavy atom. The second-order valence-corrected chi connectivity index (χ2v) is 4.81. The van der Waals surface area contributed by atoms with Gasteiger partial charge in [0.15, 0.2) is 0 Å². The SMILES string of the molecule is Clc1ccc2c(c1)nc1nc(NC3CC3)[nH]n12. The third kappa shape index (κ3) is 1.46. The van der Waals surface area contributed by atoms with Gasteiger partial charge in [-0.3, -0.25) is 5.10 Å². The van der Waals surface area contributed by atoms with E-state index in [1.807, 2.05) is 22.7 Å². The van der Waals surface area contributed by atoms with Crippen LogP contribution in [-0.2, 0) is 0 Å². The fraction of sp³-hybridized carbons (Fsp3) is 0.273. The highest BCUT2D eigenvalue weighted by Crippen LogP contribution is 2.24. The zero-order valence-electron chi connectivity index (χ0n) is 8.94. The monoisotopic (exact) mass is 247 g/mol. The molecule has 1 fully saturated rings. The first-order chi connectivity index (χ1) is 8.29. The number of hydrogen-bond acceptors (Lipinski definition) is 3. The fourth-order valence-corrected chi connectivity index (χ4v) is 2.11. The molecule has 2 N–H and O–H groups in total. The summed E-state index contributed by atoms with van der Waals surface area (Å²) in [5, 5.41) is 7.20. The van der Waals surface area contributed by atoms with Crippen molar-refractivity contribution in [2.75, 3.05) is 5.32 Å². The lowest BCUT2D eigenvalue weighted by Gasteiger charge is -1.96. The maximum absolute atomic E-state index is 5.93. The van der Waals surface area contributed by atoms with E-state index in [9.17, 15) is 0 Å². The van der Waals surface area contributed by atoms with Crippen LogP contribution < -0.4 is 5.32 Å². The maximum atomic E-state index is 5.93. The first kappa shape index (κ1) is 9.30. The van der Waals surface area contributed by atoms with E-state index in [4.69, 9.17) is 11.6 Å². The van der Waals surface area contributed by atoms with Crippen LogP contribution in [0.3, 0.4) is 0 Å². The molecule has 1 saturated carbocycles. The number of imidazole rings is 1. The van der Waals surface area contributed by atoms with Crippen LogP contribution >= 0.6 is 11.6 Å². The summed E-state index contributed by atoms with van der Waals surface area (Å²) in [6.07, 6.45) is 2.44. The summed E-state index contributed by atoms with van der Waals surface area (Å²) in [4.78, 5) is 8.82. The van der Waals surface area contributed by atoms with Gasteiger partial charge in [0.05, 0.1) is 11.0 Å². The van der Waals surface area contributed by atoms with Crippen LogP contribution in [-0.4, -0.2) is 25.6 Å². The molecule has 1 aliphatic carbocycles. The molecule has 0 atom stereocenters.